The lowest BCUT2D eigenvalue weighted by molar-refractivity contribution is 0.150. The SMILES string of the molecule is COc1ccc(C(CN)N2CC3CCC2C3)c(OC)c1. The van der Waals surface area contributed by atoms with Crippen LogP contribution in [0.2, 0.25) is 0 Å². The lowest BCUT2D eigenvalue weighted by Crippen LogP contribution is -2.39. The molecular formula is C16H24N2O2. The molecule has 0 radical (unpaired) electrons. The minimum Gasteiger partial charge on any atom is -0.497 e. The highest BCUT2D eigenvalue weighted by Gasteiger charge is 2.41. The molecule has 4 heteroatoms. The first-order valence-electron chi connectivity index (χ1n) is 7.44. The molecule has 2 N–H and O–H groups in total. The molecule has 1 heterocycles. The van der Waals surface area contributed by atoms with Crippen molar-refractivity contribution >= 4 is 0 Å². The predicted octanol–water partition coefficient (Wildman–Crippen LogP) is 2.19. The molecule has 3 rings (SSSR count). The molecule has 1 aromatic carbocycles. The van der Waals surface area contributed by atoms with Crippen molar-refractivity contribution in [1.82, 2.24) is 4.90 Å². The molecule has 4 nitrogen and oxygen atoms in total. The number of hydrogen-bond acceptors (Lipinski definition) is 4. The van der Waals surface area contributed by atoms with E-state index in [4.69, 9.17) is 15.2 Å². The maximum Gasteiger partial charge on any atom is 0.127 e. The van der Waals surface area contributed by atoms with E-state index in [1.165, 1.54) is 31.4 Å². The van der Waals surface area contributed by atoms with Gasteiger partial charge in [0.1, 0.15) is 11.5 Å². The third-order valence-electron chi connectivity index (χ3n) is 4.87. The zero-order valence-corrected chi connectivity index (χ0v) is 12.3. The third kappa shape index (κ3) is 2.27. The Morgan fingerprint density at radius 3 is 2.70 bits per heavy atom. The van der Waals surface area contributed by atoms with E-state index in [-0.39, 0.29) is 6.04 Å². The number of ether oxygens (including phenoxy) is 2. The molecule has 3 atom stereocenters. The Balaban J connectivity index is 1.89. The van der Waals surface area contributed by atoms with E-state index in [0.29, 0.717) is 12.6 Å². The first-order chi connectivity index (χ1) is 9.76. The highest BCUT2D eigenvalue weighted by molar-refractivity contribution is 5.43. The van der Waals surface area contributed by atoms with E-state index in [2.05, 4.69) is 11.0 Å². The van der Waals surface area contributed by atoms with Crippen molar-refractivity contribution in [2.75, 3.05) is 27.3 Å². The van der Waals surface area contributed by atoms with Crippen LogP contribution in [0.5, 0.6) is 11.5 Å². The maximum atomic E-state index is 6.08. The molecule has 3 unspecified atom stereocenters. The van der Waals surface area contributed by atoms with Crippen LogP contribution in [0.3, 0.4) is 0 Å². The van der Waals surface area contributed by atoms with Crippen molar-refractivity contribution in [3.8, 4) is 11.5 Å². The monoisotopic (exact) mass is 276 g/mol. The van der Waals surface area contributed by atoms with Crippen molar-refractivity contribution in [3.63, 3.8) is 0 Å². The summed E-state index contributed by atoms with van der Waals surface area (Å²) in [6.07, 6.45) is 4.05. The number of fused-ring (bicyclic) bond motifs is 2. The lowest BCUT2D eigenvalue weighted by atomic mass is 10.0. The van der Waals surface area contributed by atoms with Gasteiger partial charge >= 0.3 is 0 Å². The Morgan fingerprint density at radius 2 is 2.15 bits per heavy atom. The molecular weight excluding hydrogens is 252 g/mol. The quantitative estimate of drug-likeness (QED) is 0.895. The Labute approximate surface area is 120 Å². The number of benzene rings is 1. The van der Waals surface area contributed by atoms with Crippen molar-refractivity contribution in [2.45, 2.75) is 31.3 Å². The van der Waals surface area contributed by atoms with Gasteiger partial charge in [0.2, 0.25) is 0 Å². The number of likely N-dealkylation sites (tertiary alicyclic amines) is 1. The molecule has 1 saturated heterocycles. The van der Waals surface area contributed by atoms with Crippen LogP contribution in [-0.4, -0.2) is 38.3 Å². The molecule has 2 fully saturated rings. The van der Waals surface area contributed by atoms with Crippen LogP contribution < -0.4 is 15.2 Å². The summed E-state index contributed by atoms with van der Waals surface area (Å²) in [7, 11) is 3.39. The molecule has 2 bridgehead atoms. The van der Waals surface area contributed by atoms with Gasteiger partial charge in [0.15, 0.2) is 0 Å². The molecule has 2 aliphatic rings. The van der Waals surface area contributed by atoms with Gasteiger partial charge in [0.05, 0.1) is 20.3 Å². The zero-order valence-electron chi connectivity index (χ0n) is 12.3. The summed E-state index contributed by atoms with van der Waals surface area (Å²) in [5.41, 5.74) is 7.27. The van der Waals surface area contributed by atoms with Crippen molar-refractivity contribution < 1.29 is 9.47 Å². The van der Waals surface area contributed by atoms with E-state index in [0.717, 1.165) is 17.4 Å². The summed E-state index contributed by atoms with van der Waals surface area (Å²) >= 11 is 0. The fourth-order valence-electron chi connectivity index (χ4n) is 3.88. The lowest BCUT2D eigenvalue weighted by Gasteiger charge is -2.35. The highest BCUT2D eigenvalue weighted by atomic mass is 16.5. The maximum absolute atomic E-state index is 6.08. The third-order valence-corrected chi connectivity index (χ3v) is 4.87. The van der Waals surface area contributed by atoms with Gasteiger partial charge in [-0.25, -0.2) is 0 Å². The first-order valence-corrected chi connectivity index (χ1v) is 7.44. The Morgan fingerprint density at radius 1 is 1.30 bits per heavy atom. The van der Waals surface area contributed by atoms with Gasteiger partial charge in [0, 0.05) is 30.8 Å². The summed E-state index contributed by atoms with van der Waals surface area (Å²) in [4.78, 5) is 2.58. The van der Waals surface area contributed by atoms with Gasteiger partial charge in [-0.2, -0.15) is 0 Å². The van der Waals surface area contributed by atoms with Gasteiger partial charge in [-0.3, -0.25) is 4.90 Å². The summed E-state index contributed by atoms with van der Waals surface area (Å²) < 4.78 is 10.8. The van der Waals surface area contributed by atoms with Crippen LogP contribution in [-0.2, 0) is 0 Å². The minimum absolute atomic E-state index is 0.256. The minimum atomic E-state index is 0.256. The molecule has 0 spiro atoms. The predicted molar refractivity (Wildman–Crippen MR) is 79.2 cm³/mol. The summed E-state index contributed by atoms with van der Waals surface area (Å²) in [5.74, 6) is 2.57. The van der Waals surface area contributed by atoms with E-state index in [1.807, 2.05) is 12.1 Å². The number of nitrogens with two attached hydrogens (primary N) is 1. The Bertz CT molecular complexity index is 478. The van der Waals surface area contributed by atoms with E-state index in [1.54, 1.807) is 14.2 Å². The molecule has 1 aliphatic carbocycles. The summed E-state index contributed by atoms with van der Waals surface area (Å²) in [5, 5.41) is 0. The second-order valence-corrected chi connectivity index (χ2v) is 5.89. The highest BCUT2D eigenvalue weighted by Crippen LogP contribution is 2.43. The normalized spacial score (nSPS) is 26.8. The van der Waals surface area contributed by atoms with E-state index in [9.17, 15) is 0 Å². The van der Waals surface area contributed by atoms with Crippen LogP contribution in [0.25, 0.3) is 0 Å². The molecule has 20 heavy (non-hydrogen) atoms. The first kappa shape index (κ1) is 13.7. The van der Waals surface area contributed by atoms with Gasteiger partial charge in [-0.15, -0.1) is 0 Å². The largest absolute Gasteiger partial charge is 0.497 e. The average molecular weight is 276 g/mol. The fourth-order valence-corrected chi connectivity index (χ4v) is 3.88. The molecule has 110 valence electrons. The fraction of sp³-hybridized carbons (Fsp3) is 0.625. The number of methoxy groups -OCH3 is 2. The smallest absolute Gasteiger partial charge is 0.127 e. The van der Waals surface area contributed by atoms with Gasteiger partial charge in [0.25, 0.3) is 0 Å². The van der Waals surface area contributed by atoms with Crippen LogP contribution >= 0.6 is 0 Å². The standard InChI is InChI=1S/C16H24N2O2/c1-19-13-5-6-14(16(8-13)20-2)15(9-17)18-10-11-3-4-12(18)7-11/h5-6,8,11-12,15H,3-4,7,9-10,17H2,1-2H3. The number of rotatable bonds is 5. The molecule has 1 aromatic rings. The zero-order chi connectivity index (χ0) is 14.1. The molecule has 0 amide bonds. The topological polar surface area (TPSA) is 47.7 Å². The van der Waals surface area contributed by atoms with Crippen LogP contribution in [0.1, 0.15) is 30.9 Å². The molecule has 1 saturated carbocycles. The summed E-state index contributed by atoms with van der Waals surface area (Å²) in [6.45, 7) is 1.81. The van der Waals surface area contributed by atoms with Crippen LogP contribution in [0.15, 0.2) is 18.2 Å². The second-order valence-electron chi connectivity index (χ2n) is 5.89. The van der Waals surface area contributed by atoms with Crippen molar-refractivity contribution in [1.29, 1.82) is 0 Å². The van der Waals surface area contributed by atoms with Crippen molar-refractivity contribution in [3.05, 3.63) is 23.8 Å². The van der Waals surface area contributed by atoms with Crippen molar-refractivity contribution in [2.24, 2.45) is 11.7 Å². The second kappa shape index (κ2) is 5.62. The number of nitrogens with zero attached hydrogens (tertiary/aromatic N) is 1. The van der Waals surface area contributed by atoms with Crippen LogP contribution in [0, 0.1) is 5.92 Å². The van der Waals surface area contributed by atoms with E-state index >= 15 is 0 Å². The van der Waals surface area contributed by atoms with E-state index < -0.39 is 0 Å². The van der Waals surface area contributed by atoms with Gasteiger partial charge < -0.3 is 15.2 Å². The summed E-state index contributed by atoms with van der Waals surface area (Å²) in [6, 6.07) is 7.01. The Kier molecular flexibility index (Phi) is 3.85. The number of piperidine rings is 1. The number of hydrogen-bond donors (Lipinski definition) is 1. The van der Waals surface area contributed by atoms with Crippen LogP contribution in [0.4, 0.5) is 0 Å². The molecule has 0 aromatic heterocycles. The average Bonchev–Trinajstić information content (AvgIpc) is 3.11. The van der Waals surface area contributed by atoms with Gasteiger partial charge in [-0.05, 0) is 31.2 Å². The molecule has 1 aliphatic heterocycles. The Hall–Kier alpha value is -1.26. The van der Waals surface area contributed by atoms with Gasteiger partial charge in [-0.1, -0.05) is 6.07 Å².